The van der Waals surface area contributed by atoms with Gasteiger partial charge in [0, 0.05) is 43.9 Å². The third-order valence-corrected chi connectivity index (χ3v) is 6.80. The lowest BCUT2D eigenvalue weighted by Crippen LogP contribution is -2.58. The zero-order valence-electron chi connectivity index (χ0n) is 23.5. The first kappa shape index (κ1) is 31.2. The molecule has 218 valence electrons. The fourth-order valence-electron chi connectivity index (χ4n) is 4.96. The van der Waals surface area contributed by atoms with Crippen molar-refractivity contribution in [2.45, 2.75) is 65.6 Å². The van der Waals surface area contributed by atoms with Gasteiger partial charge in [-0.05, 0) is 30.2 Å². The van der Waals surface area contributed by atoms with Gasteiger partial charge in [0.15, 0.2) is 0 Å². The smallest absolute Gasteiger partial charge is 0.281 e. The van der Waals surface area contributed by atoms with Crippen LogP contribution in [0.1, 0.15) is 67.6 Å². The van der Waals surface area contributed by atoms with Crippen molar-refractivity contribution in [3.05, 3.63) is 64.5 Å². The number of anilines is 1. The minimum Gasteiger partial charge on any atom is -0.380 e. The summed E-state index contributed by atoms with van der Waals surface area (Å²) in [5.41, 5.74) is 1.32. The van der Waals surface area contributed by atoms with E-state index >= 15 is 0 Å². The number of carbonyl (C=O) groups is 3. The van der Waals surface area contributed by atoms with Gasteiger partial charge in [0.2, 0.25) is 11.8 Å². The Balaban J connectivity index is 0.00000106. The number of benzene rings is 2. The fourth-order valence-corrected chi connectivity index (χ4v) is 4.96. The number of aliphatic hydroxyl groups is 2. The van der Waals surface area contributed by atoms with Crippen LogP contribution in [0, 0.1) is 5.82 Å². The van der Waals surface area contributed by atoms with Crippen LogP contribution in [0.15, 0.2) is 36.4 Å². The van der Waals surface area contributed by atoms with Crippen LogP contribution in [-0.2, 0) is 33.3 Å². The van der Waals surface area contributed by atoms with Gasteiger partial charge >= 0.3 is 0 Å². The van der Waals surface area contributed by atoms with E-state index in [-0.39, 0.29) is 36.2 Å². The first-order valence-corrected chi connectivity index (χ1v) is 13.8. The third kappa shape index (κ3) is 6.49. The number of piperidine rings is 1. The van der Waals surface area contributed by atoms with Gasteiger partial charge in [-0.1, -0.05) is 45.9 Å². The number of amides is 3. The Morgan fingerprint density at radius 1 is 1.07 bits per heavy atom. The molecule has 2 aromatic carbocycles. The topological polar surface area (TPSA) is 131 Å². The summed E-state index contributed by atoms with van der Waals surface area (Å²) in [7, 11) is 0. The van der Waals surface area contributed by atoms with Crippen molar-refractivity contribution in [3.63, 3.8) is 0 Å². The molecule has 0 aliphatic carbocycles. The van der Waals surface area contributed by atoms with E-state index in [0.29, 0.717) is 30.2 Å². The largest absolute Gasteiger partial charge is 0.380 e. The molecule has 3 aliphatic heterocycles. The summed E-state index contributed by atoms with van der Waals surface area (Å²) >= 11 is 0. The van der Waals surface area contributed by atoms with Crippen LogP contribution in [0.25, 0.3) is 0 Å². The molecule has 3 aliphatic rings. The number of rotatable bonds is 6. The van der Waals surface area contributed by atoms with Crippen LogP contribution in [-0.4, -0.2) is 70.1 Å². The molecule has 0 radical (unpaired) electrons. The highest BCUT2D eigenvalue weighted by atomic mass is 19.1. The Kier molecular flexibility index (Phi) is 10.7. The highest BCUT2D eigenvalue weighted by Crippen LogP contribution is 2.42. The van der Waals surface area contributed by atoms with Crippen LogP contribution < -0.4 is 10.6 Å². The molecule has 40 heavy (non-hydrogen) atoms. The highest BCUT2D eigenvalue weighted by molar-refractivity contribution is 6.06. The number of nitrogens with one attached hydrogen (secondary N) is 2. The number of morpholine rings is 1. The molecule has 2 saturated heterocycles. The van der Waals surface area contributed by atoms with Gasteiger partial charge < -0.3 is 20.3 Å². The summed E-state index contributed by atoms with van der Waals surface area (Å²) < 4.78 is 20.2. The van der Waals surface area contributed by atoms with Crippen LogP contribution in [0.2, 0.25) is 0 Å². The van der Waals surface area contributed by atoms with Crippen molar-refractivity contribution in [2.24, 2.45) is 0 Å². The molecule has 2 aromatic rings. The molecular weight excluding hydrogens is 519 g/mol. The van der Waals surface area contributed by atoms with E-state index in [4.69, 9.17) is 4.74 Å². The molecule has 3 heterocycles. The summed E-state index contributed by atoms with van der Waals surface area (Å²) in [5.74, 6) is -5.19. The van der Waals surface area contributed by atoms with Crippen LogP contribution in [0.5, 0.6) is 0 Å². The van der Waals surface area contributed by atoms with Crippen molar-refractivity contribution in [1.29, 1.82) is 0 Å². The highest BCUT2D eigenvalue weighted by Gasteiger charge is 2.54. The van der Waals surface area contributed by atoms with Gasteiger partial charge in [-0.3, -0.25) is 29.5 Å². The summed E-state index contributed by atoms with van der Waals surface area (Å²) in [4.78, 5) is 39.8. The van der Waals surface area contributed by atoms with E-state index in [9.17, 15) is 29.0 Å². The molecule has 2 fully saturated rings. The molecule has 0 aromatic heterocycles. The first-order chi connectivity index (χ1) is 19.3. The molecule has 5 rings (SSSR count). The SMILES string of the molecule is CC.CC.O=C1CCC(N2C(=O)c3cccc(NCc4ccc(CN5CCOCC5)cc4F)c3C2(O)O)C(=O)N1. The average molecular weight is 559 g/mol. The fraction of sp³-hybridized carbons (Fsp3) is 0.483. The molecule has 0 saturated carbocycles. The van der Waals surface area contributed by atoms with Crippen LogP contribution >= 0.6 is 0 Å². The predicted octanol–water partition coefficient (Wildman–Crippen LogP) is 2.68. The third-order valence-electron chi connectivity index (χ3n) is 6.80. The van der Waals surface area contributed by atoms with Crippen LogP contribution in [0.4, 0.5) is 10.1 Å². The Morgan fingerprint density at radius 2 is 1.77 bits per heavy atom. The number of fused-ring (bicyclic) bond motifs is 1. The van der Waals surface area contributed by atoms with E-state index in [0.717, 1.165) is 18.7 Å². The summed E-state index contributed by atoms with van der Waals surface area (Å²) in [6.07, 6.45) is -0.0590. The number of ether oxygens (including phenoxy) is 1. The second kappa shape index (κ2) is 13.8. The quantitative estimate of drug-likeness (QED) is 0.315. The number of imide groups is 1. The zero-order valence-corrected chi connectivity index (χ0v) is 23.5. The summed E-state index contributed by atoms with van der Waals surface area (Å²) in [6.45, 7) is 11.6. The van der Waals surface area contributed by atoms with Crippen LogP contribution in [0.3, 0.4) is 0 Å². The maximum absolute atomic E-state index is 14.9. The van der Waals surface area contributed by atoms with Gasteiger partial charge in [0.1, 0.15) is 11.9 Å². The standard InChI is InChI=1S/C25H27FN4O6.2C2H6/c26-18-12-15(14-29-8-10-36-11-9-29)4-5-16(18)13-27-19-3-1-2-17-22(19)25(34,35)30(24(17)33)20-6-7-21(31)28-23(20)32;2*1-2/h1-5,12,20,27,34-35H,6-11,13-14H2,(H,28,31,32);2*1-2H3. The number of hydrogen-bond donors (Lipinski definition) is 4. The Morgan fingerprint density at radius 3 is 2.42 bits per heavy atom. The normalized spacial score (nSPS) is 20.0. The van der Waals surface area contributed by atoms with Crippen molar-refractivity contribution < 1.29 is 33.7 Å². The number of carbonyl (C=O) groups excluding carboxylic acids is 3. The van der Waals surface area contributed by atoms with Gasteiger partial charge in [0.25, 0.3) is 11.8 Å². The van der Waals surface area contributed by atoms with Crippen molar-refractivity contribution >= 4 is 23.4 Å². The van der Waals surface area contributed by atoms with Crippen molar-refractivity contribution in [1.82, 2.24) is 15.1 Å². The summed E-state index contributed by atoms with van der Waals surface area (Å²) in [5, 5.41) is 27.1. The van der Waals surface area contributed by atoms with Crippen molar-refractivity contribution in [3.8, 4) is 0 Å². The lowest BCUT2D eigenvalue weighted by molar-refractivity contribution is -0.258. The molecule has 1 atom stereocenters. The maximum atomic E-state index is 14.9. The Hall–Kier alpha value is -3.38. The molecule has 0 bridgehead atoms. The number of halogens is 1. The van der Waals surface area contributed by atoms with Gasteiger partial charge in [-0.2, -0.15) is 0 Å². The number of nitrogens with zero attached hydrogens (tertiary/aromatic N) is 2. The van der Waals surface area contributed by atoms with E-state index in [2.05, 4.69) is 15.5 Å². The zero-order chi connectivity index (χ0) is 29.4. The van der Waals surface area contributed by atoms with Gasteiger partial charge in [-0.15, -0.1) is 0 Å². The molecule has 11 heteroatoms. The predicted molar refractivity (Wildman–Crippen MR) is 147 cm³/mol. The molecule has 3 amide bonds. The van der Waals surface area contributed by atoms with E-state index < -0.39 is 35.5 Å². The Bertz CT molecular complexity index is 1220. The second-order valence-electron chi connectivity index (χ2n) is 9.17. The monoisotopic (exact) mass is 558 g/mol. The second-order valence-corrected chi connectivity index (χ2v) is 9.17. The average Bonchev–Trinajstić information content (AvgIpc) is 3.16. The van der Waals surface area contributed by atoms with E-state index in [1.165, 1.54) is 12.1 Å². The lowest BCUT2D eigenvalue weighted by Gasteiger charge is -2.36. The molecule has 1 unspecified atom stereocenters. The van der Waals surface area contributed by atoms with E-state index in [1.54, 1.807) is 18.2 Å². The summed E-state index contributed by atoms with van der Waals surface area (Å²) in [6, 6.07) is 8.32. The lowest BCUT2D eigenvalue weighted by atomic mass is 10.0. The molecular formula is C29H39FN4O6. The Labute approximate surface area is 234 Å². The van der Waals surface area contributed by atoms with Gasteiger partial charge in [0.05, 0.1) is 24.3 Å². The van der Waals surface area contributed by atoms with E-state index in [1.807, 2.05) is 33.8 Å². The van der Waals surface area contributed by atoms with Gasteiger partial charge in [-0.25, -0.2) is 4.39 Å². The number of hydrogen-bond acceptors (Lipinski definition) is 8. The molecule has 10 nitrogen and oxygen atoms in total. The van der Waals surface area contributed by atoms with Crippen molar-refractivity contribution in [2.75, 3.05) is 31.6 Å². The maximum Gasteiger partial charge on any atom is 0.281 e. The minimum atomic E-state index is -2.79. The molecule has 4 N–H and O–H groups in total. The first-order valence-electron chi connectivity index (χ1n) is 13.8. The molecule has 0 spiro atoms. The minimum absolute atomic E-state index is 0.0102.